The minimum Gasteiger partial charge on any atom is -0.360 e. The smallest absolute Gasteiger partial charge is 0.267 e. The molecule has 104 valence electrons. The van der Waals surface area contributed by atoms with Crippen LogP contribution in [0.15, 0.2) is 9.42 Å². The third-order valence-electron chi connectivity index (χ3n) is 2.98. The lowest BCUT2D eigenvalue weighted by Gasteiger charge is -2.07. The largest absolute Gasteiger partial charge is 0.360 e. The SMILES string of the molecule is Cc1nn(C)c(C)c1NS(=O)(=O)c1c(C)noc1C. The Bertz CT molecular complexity index is 708. The van der Waals surface area contributed by atoms with E-state index in [0.717, 1.165) is 5.69 Å². The van der Waals surface area contributed by atoms with Crippen molar-refractivity contribution in [3.8, 4) is 0 Å². The molecule has 1 N–H and O–H groups in total. The van der Waals surface area contributed by atoms with Gasteiger partial charge in [0.2, 0.25) is 0 Å². The van der Waals surface area contributed by atoms with Gasteiger partial charge in [0, 0.05) is 7.05 Å². The molecule has 2 aromatic heterocycles. The van der Waals surface area contributed by atoms with Gasteiger partial charge in [-0.1, -0.05) is 5.16 Å². The molecule has 0 aliphatic rings. The van der Waals surface area contributed by atoms with E-state index in [-0.39, 0.29) is 10.7 Å². The van der Waals surface area contributed by atoms with Crippen molar-refractivity contribution in [3.63, 3.8) is 0 Å². The van der Waals surface area contributed by atoms with Crippen LogP contribution in [0.2, 0.25) is 0 Å². The molecule has 0 amide bonds. The Morgan fingerprint density at radius 1 is 1.16 bits per heavy atom. The summed E-state index contributed by atoms with van der Waals surface area (Å²) in [6.07, 6.45) is 0. The molecular weight excluding hydrogens is 268 g/mol. The fourth-order valence-corrected chi connectivity index (χ4v) is 3.47. The maximum atomic E-state index is 12.4. The van der Waals surface area contributed by atoms with Crippen molar-refractivity contribution in [2.75, 3.05) is 4.72 Å². The first-order chi connectivity index (χ1) is 8.74. The van der Waals surface area contributed by atoms with Gasteiger partial charge in [-0.05, 0) is 27.7 Å². The molecule has 19 heavy (non-hydrogen) atoms. The first kappa shape index (κ1) is 13.6. The highest BCUT2D eigenvalue weighted by Gasteiger charge is 2.26. The monoisotopic (exact) mass is 284 g/mol. The Morgan fingerprint density at radius 2 is 1.79 bits per heavy atom. The summed E-state index contributed by atoms with van der Waals surface area (Å²) >= 11 is 0. The average molecular weight is 284 g/mol. The van der Waals surface area contributed by atoms with Crippen LogP contribution in [-0.2, 0) is 17.1 Å². The molecule has 0 unspecified atom stereocenters. The highest BCUT2D eigenvalue weighted by atomic mass is 32.2. The van der Waals surface area contributed by atoms with Crippen LogP contribution in [0.25, 0.3) is 0 Å². The van der Waals surface area contributed by atoms with E-state index < -0.39 is 10.0 Å². The molecule has 0 spiro atoms. The van der Waals surface area contributed by atoms with Crippen LogP contribution < -0.4 is 4.72 Å². The number of sulfonamides is 1. The highest BCUT2D eigenvalue weighted by molar-refractivity contribution is 7.92. The average Bonchev–Trinajstić information content (AvgIpc) is 2.74. The van der Waals surface area contributed by atoms with Crippen LogP contribution in [0.4, 0.5) is 5.69 Å². The number of nitrogens with one attached hydrogen (secondary N) is 1. The number of aryl methyl sites for hydroxylation is 4. The highest BCUT2D eigenvalue weighted by Crippen LogP contribution is 2.25. The number of nitrogens with zero attached hydrogens (tertiary/aromatic N) is 3. The van der Waals surface area contributed by atoms with E-state index >= 15 is 0 Å². The second-order valence-electron chi connectivity index (χ2n) is 4.43. The molecule has 0 fully saturated rings. The van der Waals surface area contributed by atoms with Gasteiger partial charge < -0.3 is 4.52 Å². The minimum atomic E-state index is -3.72. The standard InChI is InChI=1S/C11H16N4O3S/c1-6-10(8(3)15(5)12-6)14-19(16,17)11-7(2)13-18-9(11)4/h14H,1-5H3. The number of aromatic nitrogens is 3. The molecule has 0 atom stereocenters. The lowest BCUT2D eigenvalue weighted by molar-refractivity contribution is 0.390. The van der Waals surface area contributed by atoms with E-state index in [1.54, 1.807) is 39.4 Å². The summed E-state index contributed by atoms with van der Waals surface area (Å²) in [6.45, 7) is 6.70. The van der Waals surface area contributed by atoms with Gasteiger partial charge in [0.05, 0.1) is 17.1 Å². The molecule has 0 radical (unpaired) electrons. The van der Waals surface area contributed by atoms with Gasteiger partial charge in [0.1, 0.15) is 5.69 Å². The molecule has 0 aliphatic heterocycles. The summed E-state index contributed by atoms with van der Waals surface area (Å²) in [6, 6.07) is 0. The maximum absolute atomic E-state index is 12.4. The molecule has 2 aromatic rings. The Balaban J connectivity index is 2.48. The van der Waals surface area contributed by atoms with E-state index in [0.29, 0.717) is 17.1 Å². The van der Waals surface area contributed by atoms with Crippen molar-refractivity contribution in [2.24, 2.45) is 7.05 Å². The van der Waals surface area contributed by atoms with E-state index in [4.69, 9.17) is 4.52 Å². The summed E-state index contributed by atoms with van der Waals surface area (Å²) in [5.74, 6) is 0.268. The second kappa shape index (κ2) is 4.37. The van der Waals surface area contributed by atoms with Crippen molar-refractivity contribution < 1.29 is 12.9 Å². The predicted octanol–water partition coefficient (Wildman–Crippen LogP) is 1.44. The molecule has 2 heterocycles. The topological polar surface area (TPSA) is 90.0 Å². The van der Waals surface area contributed by atoms with Gasteiger partial charge in [-0.15, -0.1) is 0 Å². The normalized spacial score (nSPS) is 11.8. The summed E-state index contributed by atoms with van der Waals surface area (Å²) in [4.78, 5) is 0.0788. The van der Waals surface area contributed by atoms with Crippen molar-refractivity contribution >= 4 is 15.7 Å². The van der Waals surface area contributed by atoms with Gasteiger partial charge in [-0.2, -0.15) is 5.10 Å². The van der Waals surface area contributed by atoms with Crippen LogP contribution in [0, 0.1) is 27.7 Å². The lowest BCUT2D eigenvalue weighted by Crippen LogP contribution is -2.15. The first-order valence-corrected chi connectivity index (χ1v) is 7.18. The van der Waals surface area contributed by atoms with Crippen LogP contribution in [0.3, 0.4) is 0 Å². The summed E-state index contributed by atoms with van der Waals surface area (Å²) < 4.78 is 33.8. The summed E-state index contributed by atoms with van der Waals surface area (Å²) in [7, 11) is -1.96. The molecule has 0 aromatic carbocycles. The van der Waals surface area contributed by atoms with Gasteiger partial charge in [0.15, 0.2) is 10.7 Å². The molecule has 0 bridgehead atoms. The van der Waals surface area contributed by atoms with Crippen molar-refractivity contribution in [3.05, 3.63) is 22.8 Å². The van der Waals surface area contributed by atoms with Gasteiger partial charge in [-0.3, -0.25) is 9.40 Å². The first-order valence-electron chi connectivity index (χ1n) is 5.70. The van der Waals surface area contributed by atoms with Gasteiger partial charge >= 0.3 is 0 Å². The van der Waals surface area contributed by atoms with Gasteiger partial charge in [-0.25, -0.2) is 8.42 Å². The second-order valence-corrected chi connectivity index (χ2v) is 6.05. The molecule has 2 rings (SSSR count). The molecule has 8 heteroatoms. The van der Waals surface area contributed by atoms with Crippen LogP contribution in [0.5, 0.6) is 0 Å². The fourth-order valence-electron chi connectivity index (χ4n) is 1.96. The summed E-state index contributed by atoms with van der Waals surface area (Å²) in [5.41, 5.74) is 2.19. The molecule has 7 nitrogen and oxygen atoms in total. The quantitative estimate of drug-likeness (QED) is 0.921. The van der Waals surface area contributed by atoms with Crippen molar-refractivity contribution in [1.29, 1.82) is 0 Å². The zero-order valence-corrected chi connectivity index (χ0v) is 12.3. The van der Waals surface area contributed by atoms with E-state index in [9.17, 15) is 8.42 Å². The number of rotatable bonds is 3. The number of hydrogen-bond acceptors (Lipinski definition) is 5. The van der Waals surface area contributed by atoms with Crippen LogP contribution >= 0.6 is 0 Å². The zero-order valence-electron chi connectivity index (χ0n) is 11.5. The lowest BCUT2D eigenvalue weighted by atomic mass is 10.3. The van der Waals surface area contributed by atoms with E-state index in [2.05, 4.69) is 15.0 Å². The minimum absolute atomic E-state index is 0.0788. The fraction of sp³-hybridized carbons (Fsp3) is 0.455. The van der Waals surface area contributed by atoms with Crippen molar-refractivity contribution in [1.82, 2.24) is 14.9 Å². The van der Waals surface area contributed by atoms with Crippen LogP contribution in [0.1, 0.15) is 22.8 Å². The van der Waals surface area contributed by atoms with Crippen LogP contribution in [-0.4, -0.2) is 23.4 Å². The Labute approximate surface area is 111 Å². The van der Waals surface area contributed by atoms with E-state index in [1.165, 1.54) is 0 Å². The predicted molar refractivity (Wildman–Crippen MR) is 69.5 cm³/mol. The number of hydrogen-bond donors (Lipinski definition) is 1. The van der Waals surface area contributed by atoms with E-state index in [1.807, 2.05) is 0 Å². The third kappa shape index (κ3) is 2.23. The Hall–Kier alpha value is -1.83. The Morgan fingerprint density at radius 3 is 2.21 bits per heavy atom. The molecular formula is C11H16N4O3S. The van der Waals surface area contributed by atoms with Crippen molar-refractivity contribution in [2.45, 2.75) is 32.6 Å². The maximum Gasteiger partial charge on any atom is 0.267 e. The molecule has 0 aliphatic carbocycles. The van der Waals surface area contributed by atoms with Gasteiger partial charge in [0.25, 0.3) is 10.0 Å². The third-order valence-corrected chi connectivity index (χ3v) is 4.58. The number of anilines is 1. The molecule has 0 saturated carbocycles. The molecule has 0 saturated heterocycles. The summed E-state index contributed by atoms with van der Waals surface area (Å²) in [5, 5.41) is 7.83. The Kier molecular flexibility index (Phi) is 3.13. The zero-order chi connectivity index (χ0) is 14.4.